The van der Waals surface area contributed by atoms with Crippen LogP contribution in [0, 0.1) is 16.0 Å². The van der Waals surface area contributed by atoms with E-state index >= 15 is 0 Å². The molecule has 0 bridgehead atoms. The zero-order valence-electron chi connectivity index (χ0n) is 11.8. The first-order chi connectivity index (χ1) is 9.97. The third-order valence-corrected chi connectivity index (χ3v) is 4.10. The number of carbonyl (C=O) groups is 1. The second kappa shape index (κ2) is 6.87. The molecular weight excluding hydrogens is 294 g/mol. The van der Waals surface area contributed by atoms with E-state index in [-0.39, 0.29) is 16.6 Å². The first kappa shape index (κ1) is 15.7. The first-order valence-electron chi connectivity index (χ1n) is 6.88. The summed E-state index contributed by atoms with van der Waals surface area (Å²) < 4.78 is 0. The number of benzene rings is 1. The molecule has 1 aromatic rings. The quantitative estimate of drug-likeness (QED) is 0.684. The number of hydrogen-bond acceptors (Lipinski definition) is 4. The van der Waals surface area contributed by atoms with Gasteiger partial charge in [0.15, 0.2) is 0 Å². The van der Waals surface area contributed by atoms with Crippen molar-refractivity contribution in [3.05, 3.63) is 38.9 Å². The number of nitrogens with zero attached hydrogens (tertiary/aromatic N) is 2. The molecule has 1 heterocycles. The third-order valence-electron chi connectivity index (χ3n) is 3.80. The predicted molar refractivity (Wildman–Crippen MR) is 80.7 cm³/mol. The summed E-state index contributed by atoms with van der Waals surface area (Å²) >= 11 is 5.81. The van der Waals surface area contributed by atoms with Crippen molar-refractivity contribution in [2.45, 2.75) is 12.8 Å². The van der Waals surface area contributed by atoms with Crippen molar-refractivity contribution in [2.75, 3.05) is 26.7 Å². The standard InChI is InChI=1S/C14H18ClN3O3/c1-17-6-4-10(5-7-17)9-16-14(19)11-2-3-13(18(20)21)12(15)8-11/h2-3,8,10H,4-7,9H2,1H3,(H,16,19). The Kier molecular flexibility index (Phi) is 5.14. The van der Waals surface area contributed by atoms with Crippen LogP contribution in [0.2, 0.25) is 5.02 Å². The van der Waals surface area contributed by atoms with E-state index in [1.54, 1.807) is 0 Å². The molecular formula is C14H18ClN3O3. The van der Waals surface area contributed by atoms with Gasteiger partial charge in [0, 0.05) is 18.2 Å². The smallest absolute Gasteiger partial charge is 0.287 e. The number of rotatable bonds is 4. The van der Waals surface area contributed by atoms with E-state index in [0.717, 1.165) is 25.9 Å². The fourth-order valence-corrected chi connectivity index (χ4v) is 2.65. The topological polar surface area (TPSA) is 75.5 Å². The number of hydrogen-bond donors (Lipinski definition) is 1. The van der Waals surface area contributed by atoms with Gasteiger partial charge in [-0.05, 0) is 51.0 Å². The van der Waals surface area contributed by atoms with Gasteiger partial charge in [0.2, 0.25) is 0 Å². The van der Waals surface area contributed by atoms with Gasteiger partial charge in [0.05, 0.1) is 4.92 Å². The van der Waals surface area contributed by atoms with Gasteiger partial charge in [-0.2, -0.15) is 0 Å². The van der Waals surface area contributed by atoms with E-state index in [0.29, 0.717) is 18.0 Å². The number of likely N-dealkylation sites (tertiary alicyclic amines) is 1. The lowest BCUT2D eigenvalue weighted by atomic mass is 9.97. The van der Waals surface area contributed by atoms with Gasteiger partial charge in [-0.15, -0.1) is 0 Å². The van der Waals surface area contributed by atoms with E-state index in [9.17, 15) is 14.9 Å². The summed E-state index contributed by atoms with van der Waals surface area (Å²) in [5.41, 5.74) is 0.155. The Labute approximate surface area is 128 Å². The lowest BCUT2D eigenvalue weighted by Gasteiger charge is -2.28. The molecule has 1 amide bonds. The molecule has 0 saturated carbocycles. The third kappa shape index (κ3) is 4.15. The highest BCUT2D eigenvalue weighted by Crippen LogP contribution is 2.25. The average Bonchev–Trinajstić information content (AvgIpc) is 2.45. The Morgan fingerprint density at radius 2 is 2.14 bits per heavy atom. The van der Waals surface area contributed by atoms with Gasteiger partial charge in [-0.25, -0.2) is 0 Å². The van der Waals surface area contributed by atoms with Gasteiger partial charge < -0.3 is 10.2 Å². The number of amides is 1. The largest absolute Gasteiger partial charge is 0.352 e. The highest BCUT2D eigenvalue weighted by molar-refractivity contribution is 6.33. The average molecular weight is 312 g/mol. The van der Waals surface area contributed by atoms with Crippen LogP contribution < -0.4 is 5.32 Å². The van der Waals surface area contributed by atoms with Crippen LogP contribution >= 0.6 is 11.6 Å². The number of carbonyl (C=O) groups excluding carboxylic acids is 1. The Morgan fingerprint density at radius 3 is 2.71 bits per heavy atom. The van der Waals surface area contributed by atoms with E-state index in [1.165, 1.54) is 18.2 Å². The van der Waals surface area contributed by atoms with E-state index in [1.807, 2.05) is 0 Å². The van der Waals surface area contributed by atoms with Crippen molar-refractivity contribution in [3.63, 3.8) is 0 Å². The molecule has 1 aliphatic heterocycles. The van der Waals surface area contributed by atoms with Gasteiger partial charge in [0.1, 0.15) is 5.02 Å². The molecule has 1 aliphatic rings. The number of nitro benzene ring substituents is 1. The minimum Gasteiger partial charge on any atom is -0.352 e. The minimum atomic E-state index is -0.567. The maximum atomic E-state index is 12.0. The monoisotopic (exact) mass is 311 g/mol. The maximum Gasteiger partial charge on any atom is 0.287 e. The van der Waals surface area contributed by atoms with Crippen LogP contribution in [0.4, 0.5) is 5.69 Å². The van der Waals surface area contributed by atoms with Crippen molar-refractivity contribution in [3.8, 4) is 0 Å². The van der Waals surface area contributed by atoms with Gasteiger partial charge >= 0.3 is 0 Å². The van der Waals surface area contributed by atoms with Crippen LogP contribution in [-0.2, 0) is 0 Å². The highest BCUT2D eigenvalue weighted by atomic mass is 35.5. The predicted octanol–water partition coefficient (Wildman–Crippen LogP) is 2.32. The Morgan fingerprint density at radius 1 is 1.48 bits per heavy atom. The minimum absolute atomic E-state index is 0.0214. The molecule has 0 atom stereocenters. The number of halogens is 1. The van der Waals surface area contributed by atoms with Crippen molar-refractivity contribution >= 4 is 23.2 Å². The molecule has 7 heteroatoms. The van der Waals surface area contributed by atoms with Crippen LogP contribution in [0.1, 0.15) is 23.2 Å². The van der Waals surface area contributed by atoms with Gasteiger partial charge in [-0.1, -0.05) is 11.6 Å². The lowest BCUT2D eigenvalue weighted by molar-refractivity contribution is -0.384. The van der Waals surface area contributed by atoms with Crippen molar-refractivity contribution in [1.29, 1.82) is 0 Å². The molecule has 2 rings (SSSR count). The lowest BCUT2D eigenvalue weighted by Crippen LogP contribution is -2.36. The molecule has 0 aromatic heterocycles. The number of nitro groups is 1. The molecule has 1 aromatic carbocycles. The number of nitrogens with one attached hydrogen (secondary N) is 1. The summed E-state index contributed by atoms with van der Waals surface area (Å²) in [6, 6.07) is 4.02. The van der Waals surface area contributed by atoms with Crippen LogP contribution in [0.25, 0.3) is 0 Å². The molecule has 0 radical (unpaired) electrons. The SMILES string of the molecule is CN1CCC(CNC(=O)c2ccc([N+](=O)[O-])c(Cl)c2)CC1. The summed E-state index contributed by atoms with van der Waals surface area (Å²) in [6.45, 7) is 2.72. The fraction of sp³-hybridized carbons (Fsp3) is 0.500. The zero-order valence-corrected chi connectivity index (χ0v) is 12.6. The van der Waals surface area contributed by atoms with Crippen molar-refractivity contribution in [2.24, 2.45) is 5.92 Å². The van der Waals surface area contributed by atoms with E-state index in [2.05, 4.69) is 17.3 Å². The molecule has 1 fully saturated rings. The van der Waals surface area contributed by atoms with Gasteiger partial charge in [0.25, 0.3) is 11.6 Å². The Balaban J connectivity index is 1.91. The molecule has 0 spiro atoms. The van der Waals surface area contributed by atoms with Gasteiger partial charge in [-0.3, -0.25) is 14.9 Å². The first-order valence-corrected chi connectivity index (χ1v) is 7.26. The van der Waals surface area contributed by atoms with Crippen LogP contribution in [0.3, 0.4) is 0 Å². The van der Waals surface area contributed by atoms with Crippen molar-refractivity contribution < 1.29 is 9.72 Å². The Hall–Kier alpha value is -1.66. The molecule has 1 N–H and O–H groups in total. The van der Waals surface area contributed by atoms with Crippen LogP contribution in [-0.4, -0.2) is 42.4 Å². The van der Waals surface area contributed by atoms with Crippen molar-refractivity contribution in [1.82, 2.24) is 10.2 Å². The zero-order chi connectivity index (χ0) is 15.4. The normalized spacial score (nSPS) is 16.7. The second-order valence-electron chi connectivity index (χ2n) is 5.38. The molecule has 114 valence electrons. The maximum absolute atomic E-state index is 12.0. The second-order valence-corrected chi connectivity index (χ2v) is 5.79. The summed E-state index contributed by atoms with van der Waals surface area (Å²) in [4.78, 5) is 24.4. The molecule has 21 heavy (non-hydrogen) atoms. The number of piperidine rings is 1. The highest BCUT2D eigenvalue weighted by Gasteiger charge is 2.19. The van der Waals surface area contributed by atoms with Crippen LogP contribution in [0.15, 0.2) is 18.2 Å². The molecule has 0 aliphatic carbocycles. The van der Waals surface area contributed by atoms with E-state index in [4.69, 9.17) is 11.6 Å². The molecule has 6 nitrogen and oxygen atoms in total. The molecule has 0 unspecified atom stereocenters. The van der Waals surface area contributed by atoms with Crippen LogP contribution in [0.5, 0.6) is 0 Å². The Bertz CT molecular complexity index is 542. The summed E-state index contributed by atoms with van der Waals surface area (Å²) in [5, 5.41) is 13.5. The van der Waals surface area contributed by atoms with E-state index < -0.39 is 4.92 Å². The fourth-order valence-electron chi connectivity index (χ4n) is 2.40. The molecule has 1 saturated heterocycles. The summed E-state index contributed by atoms with van der Waals surface area (Å²) in [7, 11) is 2.09. The summed E-state index contributed by atoms with van der Waals surface area (Å²) in [6.07, 6.45) is 2.13. The summed E-state index contributed by atoms with van der Waals surface area (Å²) in [5.74, 6) is 0.240.